The fourth-order valence-corrected chi connectivity index (χ4v) is 1.78. The molecule has 88 valence electrons. The fourth-order valence-electron chi connectivity index (χ4n) is 1.23. The van der Waals surface area contributed by atoms with Gasteiger partial charge in [-0.05, 0) is 24.6 Å². The minimum atomic E-state index is -0.547. The van der Waals surface area contributed by atoms with Crippen LogP contribution in [0.2, 0.25) is 10.0 Å². The standard InChI is InChI=1S/C10H11Cl2FN2O/c1-5(15-4-10(14)16)6-2-9(13)8(12)3-7(6)11/h2-3,5,15H,4H2,1H3,(H2,14,16). The third-order valence-corrected chi connectivity index (χ3v) is 2.71. The van der Waals surface area contributed by atoms with Crippen molar-refractivity contribution in [2.45, 2.75) is 13.0 Å². The molecule has 3 N–H and O–H groups in total. The lowest BCUT2D eigenvalue weighted by Crippen LogP contribution is -2.30. The second-order valence-corrected chi connectivity index (χ2v) is 4.17. The molecule has 1 amide bonds. The fraction of sp³-hybridized carbons (Fsp3) is 0.300. The molecular weight excluding hydrogens is 254 g/mol. The minimum absolute atomic E-state index is 0.00173. The van der Waals surface area contributed by atoms with Gasteiger partial charge in [0.05, 0.1) is 11.6 Å². The maximum atomic E-state index is 13.2. The van der Waals surface area contributed by atoms with E-state index >= 15 is 0 Å². The molecule has 0 spiro atoms. The van der Waals surface area contributed by atoms with Crippen LogP contribution in [0.3, 0.4) is 0 Å². The van der Waals surface area contributed by atoms with Crippen LogP contribution < -0.4 is 11.1 Å². The number of carbonyl (C=O) groups is 1. The summed E-state index contributed by atoms with van der Waals surface area (Å²) in [5.41, 5.74) is 5.51. The van der Waals surface area contributed by atoms with Crippen molar-refractivity contribution in [2.75, 3.05) is 6.54 Å². The van der Waals surface area contributed by atoms with E-state index in [-0.39, 0.29) is 17.6 Å². The Bertz CT molecular complexity index is 412. The van der Waals surface area contributed by atoms with Crippen LogP contribution in [0.25, 0.3) is 0 Å². The van der Waals surface area contributed by atoms with Crippen LogP contribution in [0.5, 0.6) is 0 Å². The van der Waals surface area contributed by atoms with E-state index in [1.54, 1.807) is 6.92 Å². The Morgan fingerprint density at radius 2 is 2.12 bits per heavy atom. The monoisotopic (exact) mass is 264 g/mol. The molecule has 3 nitrogen and oxygen atoms in total. The number of hydrogen-bond acceptors (Lipinski definition) is 2. The van der Waals surface area contributed by atoms with Gasteiger partial charge in [-0.25, -0.2) is 4.39 Å². The first kappa shape index (κ1) is 13.2. The number of halogens is 3. The van der Waals surface area contributed by atoms with E-state index in [4.69, 9.17) is 28.9 Å². The van der Waals surface area contributed by atoms with Crippen molar-refractivity contribution in [1.82, 2.24) is 5.32 Å². The molecule has 0 saturated carbocycles. The highest BCUT2D eigenvalue weighted by atomic mass is 35.5. The molecule has 0 heterocycles. The lowest BCUT2D eigenvalue weighted by atomic mass is 10.1. The summed E-state index contributed by atoms with van der Waals surface area (Å²) in [7, 11) is 0. The van der Waals surface area contributed by atoms with Gasteiger partial charge >= 0.3 is 0 Å². The van der Waals surface area contributed by atoms with Crippen LogP contribution in [0, 0.1) is 5.82 Å². The van der Waals surface area contributed by atoms with Crippen LogP contribution in [0.4, 0.5) is 4.39 Å². The quantitative estimate of drug-likeness (QED) is 0.820. The Kier molecular flexibility index (Phi) is 4.53. The number of primary amides is 1. The van der Waals surface area contributed by atoms with Gasteiger partial charge in [0.25, 0.3) is 0 Å². The van der Waals surface area contributed by atoms with E-state index in [1.807, 2.05) is 0 Å². The molecule has 1 atom stereocenters. The summed E-state index contributed by atoms with van der Waals surface area (Å²) in [5.74, 6) is -1.04. The first-order valence-corrected chi connectivity index (χ1v) is 5.33. The smallest absolute Gasteiger partial charge is 0.231 e. The highest BCUT2D eigenvalue weighted by molar-refractivity contribution is 6.35. The van der Waals surface area contributed by atoms with E-state index in [0.717, 1.165) is 0 Å². The number of benzene rings is 1. The van der Waals surface area contributed by atoms with E-state index in [1.165, 1.54) is 12.1 Å². The number of rotatable bonds is 4. The Morgan fingerprint density at radius 1 is 1.50 bits per heavy atom. The molecule has 1 aromatic rings. The Balaban J connectivity index is 2.86. The maximum absolute atomic E-state index is 13.2. The molecule has 1 aromatic carbocycles. The van der Waals surface area contributed by atoms with Crippen molar-refractivity contribution in [3.8, 4) is 0 Å². The number of amides is 1. The molecule has 0 saturated heterocycles. The lowest BCUT2D eigenvalue weighted by molar-refractivity contribution is -0.117. The highest BCUT2D eigenvalue weighted by Gasteiger charge is 2.13. The van der Waals surface area contributed by atoms with Gasteiger partial charge < -0.3 is 11.1 Å². The number of nitrogens with two attached hydrogens (primary N) is 1. The summed E-state index contributed by atoms with van der Waals surface area (Å²) >= 11 is 11.5. The van der Waals surface area contributed by atoms with E-state index < -0.39 is 11.7 Å². The van der Waals surface area contributed by atoms with Gasteiger partial charge in [-0.2, -0.15) is 0 Å². The van der Waals surface area contributed by atoms with Crippen molar-refractivity contribution in [1.29, 1.82) is 0 Å². The zero-order valence-electron chi connectivity index (χ0n) is 8.56. The number of hydrogen-bond donors (Lipinski definition) is 2. The summed E-state index contributed by atoms with van der Waals surface area (Å²) in [6.07, 6.45) is 0. The second kappa shape index (κ2) is 5.48. The van der Waals surface area contributed by atoms with Crippen LogP contribution in [-0.4, -0.2) is 12.5 Å². The third-order valence-electron chi connectivity index (χ3n) is 2.09. The van der Waals surface area contributed by atoms with Crippen molar-refractivity contribution in [3.63, 3.8) is 0 Å². The Labute approximate surface area is 103 Å². The Morgan fingerprint density at radius 3 is 2.69 bits per heavy atom. The molecule has 0 aliphatic heterocycles. The molecule has 6 heteroatoms. The largest absolute Gasteiger partial charge is 0.369 e. The van der Waals surface area contributed by atoms with Crippen molar-refractivity contribution in [2.24, 2.45) is 5.73 Å². The molecule has 1 unspecified atom stereocenters. The average molecular weight is 265 g/mol. The first-order chi connectivity index (χ1) is 7.41. The summed E-state index contributed by atoms with van der Waals surface area (Å²) in [5, 5.41) is 3.13. The van der Waals surface area contributed by atoms with Crippen LogP contribution >= 0.6 is 23.2 Å². The summed E-state index contributed by atoms with van der Waals surface area (Å²) < 4.78 is 13.2. The normalized spacial score (nSPS) is 12.5. The maximum Gasteiger partial charge on any atom is 0.231 e. The van der Waals surface area contributed by atoms with Crippen molar-refractivity contribution in [3.05, 3.63) is 33.6 Å². The van der Waals surface area contributed by atoms with Gasteiger partial charge in [0.15, 0.2) is 0 Å². The lowest BCUT2D eigenvalue weighted by Gasteiger charge is -2.15. The van der Waals surface area contributed by atoms with Gasteiger partial charge in [0.1, 0.15) is 5.82 Å². The minimum Gasteiger partial charge on any atom is -0.369 e. The molecule has 0 bridgehead atoms. The molecule has 0 fully saturated rings. The van der Waals surface area contributed by atoms with Crippen LogP contribution in [0.1, 0.15) is 18.5 Å². The van der Waals surface area contributed by atoms with Gasteiger partial charge in [-0.15, -0.1) is 0 Å². The molecule has 1 rings (SSSR count). The molecule has 0 aliphatic rings. The summed E-state index contributed by atoms with van der Waals surface area (Å²) in [6.45, 7) is 1.75. The predicted octanol–water partition coefficient (Wildman–Crippen LogP) is 2.27. The molecule has 0 radical (unpaired) electrons. The molecule has 16 heavy (non-hydrogen) atoms. The number of carbonyl (C=O) groups excluding carboxylic acids is 1. The number of nitrogens with one attached hydrogen (secondary N) is 1. The Hall–Kier alpha value is -0.840. The van der Waals surface area contributed by atoms with E-state index in [0.29, 0.717) is 10.6 Å². The predicted molar refractivity (Wildman–Crippen MR) is 62.0 cm³/mol. The summed E-state index contributed by atoms with van der Waals surface area (Å²) in [4.78, 5) is 10.6. The van der Waals surface area contributed by atoms with Crippen LogP contribution in [-0.2, 0) is 4.79 Å². The van der Waals surface area contributed by atoms with Gasteiger partial charge in [0.2, 0.25) is 5.91 Å². The van der Waals surface area contributed by atoms with Crippen molar-refractivity contribution >= 4 is 29.1 Å². The third kappa shape index (κ3) is 3.33. The van der Waals surface area contributed by atoms with E-state index in [2.05, 4.69) is 5.32 Å². The van der Waals surface area contributed by atoms with Gasteiger partial charge in [-0.3, -0.25) is 4.79 Å². The van der Waals surface area contributed by atoms with Gasteiger partial charge in [-0.1, -0.05) is 23.2 Å². The summed E-state index contributed by atoms with van der Waals surface area (Å²) in [6, 6.07) is 2.28. The zero-order valence-corrected chi connectivity index (χ0v) is 10.1. The molecule has 0 aromatic heterocycles. The van der Waals surface area contributed by atoms with Gasteiger partial charge in [0, 0.05) is 11.1 Å². The zero-order chi connectivity index (χ0) is 12.3. The van der Waals surface area contributed by atoms with Crippen LogP contribution in [0.15, 0.2) is 12.1 Å². The second-order valence-electron chi connectivity index (χ2n) is 3.36. The topological polar surface area (TPSA) is 55.1 Å². The average Bonchev–Trinajstić information content (AvgIpc) is 2.20. The van der Waals surface area contributed by atoms with Crippen molar-refractivity contribution < 1.29 is 9.18 Å². The van der Waals surface area contributed by atoms with E-state index in [9.17, 15) is 9.18 Å². The molecule has 0 aliphatic carbocycles. The first-order valence-electron chi connectivity index (χ1n) is 4.58. The highest BCUT2D eigenvalue weighted by Crippen LogP contribution is 2.28. The SMILES string of the molecule is CC(NCC(N)=O)c1cc(F)c(Cl)cc1Cl. The molecular formula is C10H11Cl2FN2O.